The van der Waals surface area contributed by atoms with Gasteiger partial charge in [-0.15, -0.1) is 0 Å². The molecule has 0 N–H and O–H groups in total. The molecule has 0 fully saturated rings. The van der Waals surface area contributed by atoms with Gasteiger partial charge in [-0.1, -0.05) is 0 Å². The average Bonchev–Trinajstić information content (AvgIpc) is 2.37. The summed E-state index contributed by atoms with van der Waals surface area (Å²) in [6.45, 7) is 1.61. The zero-order valence-electron chi connectivity index (χ0n) is 10.2. The number of halogens is 3. The number of nitro benzene ring substituents is 1. The number of aryl methyl sites for hydroxylation is 1. The van der Waals surface area contributed by atoms with Crippen LogP contribution in [-0.4, -0.2) is 4.92 Å². The fraction of sp³-hybridized carbons (Fsp3) is 0.0769. The van der Waals surface area contributed by atoms with Crippen LogP contribution in [0.3, 0.4) is 0 Å². The van der Waals surface area contributed by atoms with Crippen LogP contribution in [0.5, 0.6) is 11.5 Å². The molecule has 0 saturated carbocycles. The summed E-state index contributed by atoms with van der Waals surface area (Å²) in [5.41, 5.74) is 0.456. The third-order valence-corrected chi connectivity index (χ3v) is 3.83. The van der Waals surface area contributed by atoms with E-state index in [2.05, 4.69) is 31.9 Å². The molecule has 0 aromatic heterocycles. The highest BCUT2D eigenvalue weighted by molar-refractivity contribution is 9.10. The Hall–Kier alpha value is -1.47. The minimum Gasteiger partial charge on any atom is -0.456 e. The largest absolute Gasteiger partial charge is 0.456 e. The van der Waals surface area contributed by atoms with Gasteiger partial charge in [-0.25, -0.2) is 4.39 Å². The van der Waals surface area contributed by atoms with Crippen molar-refractivity contribution in [3.63, 3.8) is 0 Å². The highest BCUT2D eigenvalue weighted by Gasteiger charge is 2.15. The van der Waals surface area contributed by atoms with Crippen LogP contribution in [0.25, 0.3) is 0 Å². The van der Waals surface area contributed by atoms with Crippen LogP contribution in [0.15, 0.2) is 39.3 Å². The van der Waals surface area contributed by atoms with E-state index in [1.54, 1.807) is 13.0 Å². The van der Waals surface area contributed by atoms with Gasteiger partial charge in [0.05, 0.1) is 13.9 Å². The van der Waals surface area contributed by atoms with Crippen molar-refractivity contribution >= 4 is 37.5 Å². The van der Waals surface area contributed by atoms with Crippen molar-refractivity contribution in [1.29, 1.82) is 0 Å². The Morgan fingerprint density at radius 2 is 1.90 bits per heavy atom. The molecule has 0 aliphatic heterocycles. The van der Waals surface area contributed by atoms with E-state index < -0.39 is 10.7 Å². The first kappa shape index (κ1) is 14.9. The quantitative estimate of drug-likeness (QED) is 0.511. The van der Waals surface area contributed by atoms with E-state index in [0.717, 1.165) is 0 Å². The Labute approximate surface area is 131 Å². The maximum atomic E-state index is 13.4. The van der Waals surface area contributed by atoms with Crippen molar-refractivity contribution in [2.24, 2.45) is 0 Å². The first-order chi connectivity index (χ1) is 9.38. The molecule has 104 valence electrons. The van der Waals surface area contributed by atoms with Gasteiger partial charge in [0.1, 0.15) is 17.3 Å². The molecule has 0 heterocycles. The highest BCUT2D eigenvalue weighted by atomic mass is 79.9. The Balaban J connectivity index is 2.36. The first-order valence-electron chi connectivity index (χ1n) is 5.46. The van der Waals surface area contributed by atoms with Gasteiger partial charge in [0, 0.05) is 17.7 Å². The molecule has 2 aromatic rings. The predicted molar refractivity (Wildman–Crippen MR) is 79.7 cm³/mol. The third kappa shape index (κ3) is 3.16. The Bertz CT molecular complexity index is 692. The van der Waals surface area contributed by atoms with Gasteiger partial charge in [0.2, 0.25) is 0 Å². The van der Waals surface area contributed by atoms with E-state index in [9.17, 15) is 14.5 Å². The van der Waals surface area contributed by atoms with Crippen LogP contribution in [0.1, 0.15) is 5.56 Å². The topological polar surface area (TPSA) is 52.4 Å². The van der Waals surface area contributed by atoms with Gasteiger partial charge in [0.25, 0.3) is 5.69 Å². The summed E-state index contributed by atoms with van der Waals surface area (Å²) < 4.78 is 19.7. The van der Waals surface area contributed by atoms with Crippen LogP contribution < -0.4 is 4.74 Å². The molecule has 20 heavy (non-hydrogen) atoms. The van der Waals surface area contributed by atoms with Crippen molar-refractivity contribution in [2.45, 2.75) is 6.92 Å². The smallest absolute Gasteiger partial charge is 0.273 e. The second kappa shape index (κ2) is 5.88. The lowest BCUT2D eigenvalue weighted by Crippen LogP contribution is -1.94. The molecule has 0 aliphatic rings. The zero-order chi connectivity index (χ0) is 14.9. The summed E-state index contributed by atoms with van der Waals surface area (Å²) in [5.74, 6) is 0.242. The van der Waals surface area contributed by atoms with E-state index in [-0.39, 0.29) is 5.69 Å². The molecule has 0 unspecified atom stereocenters. The highest BCUT2D eigenvalue weighted by Crippen LogP contribution is 2.35. The zero-order valence-corrected chi connectivity index (χ0v) is 13.4. The molecular weight excluding hydrogens is 397 g/mol. The molecule has 0 aliphatic carbocycles. The number of hydrogen-bond acceptors (Lipinski definition) is 3. The standard InChI is InChI=1S/C13H8Br2FNO3/c1-7-4-13(10(15)6-12(7)17(18)19)20-8-2-3-9(14)11(16)5-8/h2-6H,1H3. The van der Waals surface area contributed by atoms with Crippen LogP contribution >= 0.6 is 31.9 Å². The lowest BCUT2D eigenvalue weighted by molar-refractivity contribution is -0.385. The lowest BCUT2D eigenvalue weighted by atomic mass is 10.2. The van der Waals surface area contributed by atoms with Crippen molar-refractivity contribution in [3.05, 3.63) is 60.8 Å². The van der Waals surface area contributed by atoms with Gasteiger partial charge >= 0.3 is 0 Å². The molecule has 2 rings (SSSR count). The maximum absolute atomic E-state index is 13.4. The Morgan fingerprint density at radius 3 is 2.50 bits per heavy atom. The van der Waals surface area contributed by atoms with Crippen LogP contribution in [0.2, 0.25) is 0 Å². The number of rotatable bonds is 3. The summed E-state index contributed by atoms with van der Waals surface area (Å²) in [6, 6.07) is 7.24. The van der Waals surface area contributed by atoms with E-state index in [1.807, 2.05) is 0 Å². The summed E-state index contributed by atoms with van der Waals surface area (Å²) >= 11 is 6.26. The predicted octanol–water partition coefficient (Wildman–Crippen LogP) is 5.36. The van der Waals surface area contributed by atoms with Gasteiger partial charge in [0.15, 0.2) is 0 Å². The molecule has 0 bridgehead atoms. The van der Waals surface area contributed by atoms with Crippen molar-refractivity contribution in [2.75, 3.05) is 0 Å². The third-order valence-electron chi connectivity index (χ3n) is 2.57. The second-order valence-corrected chi connectivity index (χ2v) is 5.71. The molecule has 4 nitrogen and oxygen atoms in total. The van der Waals surface area contributed by atoms with Gasteiger partial charge in [-0.05, 0) is 57.0 Å². The molecule has 7 heteroatoms. The minimum absolute atomic E-state index is 0.00814. The second-order valence-electron chi connectivity index (χ2n) is 4.00. The van der Waals surface area contributed by atoms with Gasteiger partial charge in [-0.2, -0.15) is 0 Å². The summed E-state index contributed by atoms with van der Waals surface area (Å²) in [5, 5.41) is 10.8. The van der Waals surface area contributed by atoms with Gasteiger partial charge < -0.3 is 4.74 Å². The number of benzene rings is 2. The Morgan fingerprint density at radius 1 is 1.20 bits per heavy atom. The SMILES string of the molecule is Cc1cc(Oc2ccc(Br)c(F)c2)c(Br)cc1[N+](=O)[O-]. The minimum atomic E-state index is -0.469. The molecule has 0 spiro atoms. The fourth-order valence-corrected chi connectivity index (χ4v) is 2.25. The van der Waals surface area contributed by atoms with Crippen LogP contribution in [0.4, 0.5) is 10.1 Å². The summed E-state index contributed by atoms with van der Waals surface area (Å²) in [4.78, 5) is 10.3. The van der Waals surface area contributed by atoms with Gasteiger partial charge in [-0.3, -0.25) is 10.1 Å². The molecular formula is C13H8Br2FNO3. The van der Waals surface area contributed by atoms with E-state index in [4.69, 9.17) is 4.74 Å². The van der Waals surface area contributed by atoms with E-state index in [1.165, 1.54) is 24.3 Å². The molecule has 2 aromatic carbocycles. The molecule has 0 saturated heterocycles. The summed E-state index contributed by atoms with van der Waals surface area (Å²) in [7, 11) is 0. The fourth-order valence-electron chi connectivity index (χ4n) is 1.59. The van der Waals surface area contributed by atoms with Crippen molar-refractivity contribution < 1.29 is 14.1 Å². The van der Waals surface area contributed by atoms with E-state index >= 15 is 0 Å². The number of ether oxygens (including phenoxy) is 1. The van der Waals surface area contributed by atoms with E-state index in [0.29, 0.717) is 26.0 Å². The first-order valence-corrected chi connectivity index (χ1v) is 7.04. The monoisotopic (exact) mass is 403 g/mol. The maximum Gasteiger partial charge on any atom is 0.273 e. The van der Waals surface area contributed by atoms with Crippen LogP contribution in [-0.2, 0) is 0 Å². The Kier molecular flexibility index (Phi) is 4.39. The summed E-state index contributed by atoms with van der Waals surface area (Å²) in [6.07, 6.45) is 0. The number of hydrogen-bond donors (Lipinski definition) is 0. The lowest BCUT2D eigenvalue weighted by Gasteiger charge is -2.09. The average molecular weight is 405 g/mol. The normalized spacial score (nSPS) is 10.4. The van der Waals surface area contributed by atoms with Crippen molar-refractivity contribution in [1.82, 2.24) is 0 Å². The number of nitrogens with zero attached hydrogens (tertiary/aromatic N) is 1. The van der Waals surface area contributed by atoms with Crippen molar-refractivity contribution in [3.8, 4) is 11.5 Å². The van der Waals surface area contributed by atoms with Crippen LogP contribution in [0, 0.1) is 22.9 Å². The molecule has 0 atom stereocenters. The molecule has 0 amide bonds. The molecule has 0 radical (unpaired) electrons. The number of nitro groups is 1.